The van der Waals surface area contributed by atoms with Crippen LogP contribution in [0.2, 0.25) is 25.7 Å². The minimum absolute atomic E-state index is 0.372. The first-order valence-corrected chi connectivity index (χ1v) is 11.1. The highest BCUT2D eigenvalue weighted by molar-refractivity contribution is 9.10. The van der Waals surface area contributed by atoms with E-state index in [1.165, 1.54) is 0 Å². The van der Waals surface area contributed by atoms with Crippen molar-refractivity contribution in [3.8, 4) is 0 Å². The Hall–Kier alpha value is -0.983. The molecule has 0 atom stereocenters. The summed E-state index contributed by atoms with van der Waals surface area (Å²) < 4.78 is 8.20. The summed E-state index contributed by atoms with van der Waals surface area (Å²) in [4.78, 5) is 11.2. The van der Waals surface area contributed by atoms with Gasteiger partial charge in [0, 0.05) is 25.6 Å². The molecule has 2 aromatic rings. The van der Waals surface area contributed by atoms with Gasteiger partial charge in [-0.25, -0.2) is 4.68 Å². The highest BCUT2D eigenvalue weighted by atomic mass is 79.9. The van der Waals surface area contributed by atoms with Crippen LogP contribution in [0.25, 0.3) is 10.9 Å². The number of nitrogens with zero attached hydrogens (tertiary/aromatic N) is 2. The number of ether oxygens (including phenoxy) is 1. The number of fused-ring (bicyclic) bond motifs is 1. The number of rotatable bonds is 6. The van der Waals surface area contributed by atoms with Crippen molar-refractivity contribution in [2.24, 2.45) is 0 Å². The van der Waals surface area contributed by atoms with Crippen LogP contribution in [0.15, 0.2) is 22.8 Å². The van der Waals surface area contributed by atoms with Gasteiger partial charge in [0.1, 0.15) is 11.3 Å². The molecule has 0 unspecified atom stereocenters. The quantitative estimate of drug-likeness (QED) is 0.448. The monoisotopic (exact) mass is 354 g/mol. The molecule has 1 aromatic heterocycles. The maximum absolute atomic E-state index is 11.2. The van der Waals surface area contributed by atoms with Gasteiger partial charge in [-0.05, 0) is 34.1 Å². The molecule has 4 nitrogen and oxygen atoms in total. The number of carbonyl (C=O) groups is 1. The van der Waals surface area contributed by atoms with Gasteiger partial charge in [-0.1, -0.05) is 25.7 Å². The first-order valence-electron chi connectivity index (χ1n) is 6.60. The lowest BCUT2D eigenvalue weighted by Crippen LogP contribution is -2.22. The summed E-state index contributed by atoms with van der Waals surface area (Å²) in [6.45, 7) is 8.07. The van der Waals surface area contributed by atoms with E-state index in [0.29, 0.717) is 12.3 Å². The SMILES string of the molecule is C[Si](C)(C)CCOCn1nc(Br)c2cccc(C=O)c21. The Morgan fingerprint density at radius 3 is 2.80 bits per heavy atom. The third kappa shape index (κ3) is 3.56. The van der Waals surface area contributed by atoms with Crippen LogP contribution in [0.3, 0.4) is 0 Å². The zero-order valence-electron chi connectivity index (χ0n) is 12.0. The lowest BCUT2D eigenvalue weighted by Gasteiger charge is -2.15. The molecule has 0 bridgehead atoms. The summed E-state index contributed by atoms with van der Waals surface area (Å²) in [5, 5.41) is 5.33. The fourth-order valence-electron chi connectivity index (χ4n) is 1.94. The van der Waals surface area contributed by atoms with Crippen LogP contribution in [0, 0.1) is 0 Å². The fraction of sp³-hybridized carbons (Fsp3) is 0.429. The molecule has 6 heteroatoms. The lowest BCUT2D eigenvalue weighted by atomic mass is 10.2. The number of aldehydes is 1. The number of benzene rings is 1. The highest BCUT2D eigenvalue weighted by Gasteiger charge is 2.14. The smallest absolute Gasteiger partial charge is 0.152 e. The molecule has 1 aromatic carbocycles. The Labute approximate surface area is 128 Å². The molecule has 20 heavy (non-hydrogen) atoms. The summed E-state index contributed by atoms with van der Waals surface area (Å²) in [5.74, 6) is 0. The minimum Gasteiger partial charge on any atom is -0.360 e. The number of aromatic nitrogens is 2. The van der Waals surface area contributed by atoms with Gasteiger partial charge in [-0.15, -0.1) is 0 Å². The molecule has 0 N–H and O–H groups in total. The Bertz CT molecular complexity index is 619. The van der Waals surface area contributed by atoms with Crippen LogP contribution in [0.4, 0.5) is 0 Å². The molecule has 0 fully saturated rings. The second-order valence-corrected chi connectivity index (χ2v) is 12.4. The average Bonchev–Trinajstić information content (AvgIpc) is 2.71. The van der Waals surface area contributed by atoms with Gasteiger partial charge in [0.05, 0.1) is 5.52 Å². The van der Waals surface area contributed by atoms with E-state index in [0.717, 1.165) is 34.4 Å². The molecule has 0 saturated carbocycles. The molecular weight excluding hydrogens is 336 g/mol. The van der Waals surface area contributed by atoms with E-state index < -0.39 is 8.07 Å². The summed E-state index contributed by atoms with van der Waals surface area (Å²) in [6, 6.07) is 6.71. The van der Waals surface area contributed by atoms with Crippen molar-refractivity contribution < 1.29 is 9.53 Å². The number of carbonyl (C=O) groups excluding carboxylic acids is 1. The van der Waals surface area contributed by atoms with Crippen LogP contribution in [0.1, 0.15) is 10.4 Å². The van der Waals surface area contributed by atoms with E-state index in [1.807, 2.05) is 12.1 Å². The van der Waals surface area contributed by atoms with Crippen LogP contribution in [-0.2, 0) is 11.5 Å². The van der Waals surface area contributed by atoms with E-state index in [9.17, 15) is 4.79 Å². The maximum Gasteiger partial charge on any atom is 0.152 e. The molecule has 0 aliphatic carbocycles. The predicted molar refractivity (Wildman–Crippen MR) is 86.9 cm³/mol. The van der Waals surface area contributed by atoms with Gasteiger partial charge < -0.3 is 4.74 Å². The molecule has 1 heterocycles. The standard InChI is InChI=1S/C14H19BrN2O2Si/c1-20(2,3)8-7-19-10-17-13-11(9-18)5-4-6-12(13)14(15)16-17/h4-6,9H,7-8,10H2,1-3H3. The largest absolute Gasteiger partial charge is 0.360 e. The van der Waals surface area contributed by atoms with E-state index in [4.69, 9.17) is 4.74 Å². The number of halogens is 1. The Morgan fingerprint density at radius 1 is 1.40 bits per heavy atom. The van der Waals surface area contributed by atoms with Crippen LogP contribution >= 0.6 is 15.9 Å². The van der Waals surface area contributed by atoms with Crippen molar-refractivity contribution in [3.05, 3.63) is 28.4 Å². The first kappa shape index (κ1) is 15.4. The second kappa shape index (κ2) is 6.20. The Morgan fingerprint density at radius 2 is 2.15 bits per heavy atom. The van der Waals surface area contributed by atoms with Crippen LogP contribution in [-0.4, -0.2) is 30.7 Å². The molecule has 108 valence electrons. The van der Waals surface area contributed by atoms with E-state index in [-0.39, 0.29) is 0 Å². The molecule has 0 aliphatic heterocycles. The van der Waals surface area contributed by atoms with Gasteiger partial charge in [-0.2, -0.15) is 5.10 Å². The topological polar surface area (TPSA) is 44.1 Å². The van der Waals surface area contributed by atoms with Crippen molar-refractivity contribution in [1.82, 2.24) is 9.78 Å². The van der Waals surface area contributed by atoms with Crippen molar-refractivity contribution in [2.75, 3.05) is 6.61 Å². The number of para-hydroxylation sites is 1. The number of hydrogen-bond donors (Lipinski definition) is 0. The summed E-state index contributed by atoms with van der Waals surface area (Å²) in [5.41, 5.74) is 1.46. The number of hydrogen-bond acceptors (Lipinski definition) is 3. The van der Waals surface area contributed by atoms with Gasteiger partial charge in [-0.3, -0.25) is 4.79 Å². The predicted octanol–water partition coefficient (Wildman–Crippen LogP) is 3.92. The van der Waals surface area contributed by atoms with Gasteiger partial charge in [0.15, 0.2) is 6.29 Å². The zero-order valence-corrected chi connectivity index (χ0v) is 14.6. The van der Waals surface area contributed by atoms with E-state index >= 15 is 0 Å². The third-order valence-corrected chi connectivity index (χ3v) is 5.38. The van der Waals surface area contributed by atoms with Crippen molar-refractivity contribution >= 4 is 41.2 Å². The molecule has 0 amide bonds. The third-order valence-electron chi connectivity index (χ3n) is 3.09. The first-order chi connectivity index (χ1) is 9.42. The molecule has 0 aliphatic rings. The average molecular weight is 355 g/mol. The Balaban J connectivity index is 2.16. The summed E-state index contributed by atoms with van der Waals surface area (Å²) in [7, 11) is -1.08. The van der Waals surface area contributed by atoms with Crippen LogP contribution < -0.4 is 0 Å². The van der Waals surface area contributed by atoms with E-state index in [2.05, 4.69) is 40.7 Å². The van der Waals surface area contributed by atoms with E-state index in [1.54, 1.807) is 10.7 Å². The van der Waals surface area contributed by atoms with Crippen molar-refractivity contribution in [2.45, 2.75) is 32.4 Å². The molecule has 2 rings (SSSR count). The summed E-state index contributed by atoms with van der Waals surface area (Å²) in [6.07, 6.45) is 0.856. The van der Waals surface area contributed by atoms with Gasteiger partial charge in [0.25, 0.3) is 0 Å². The minimum atomic E-state index is -1.08. The second-order valence-electron chi connectivity index (χ2n) is 6.00. The Kier molecular flexibility index (Phi) is 4.77. The zero-order chi connectivity index (χ0) is 14.8. The molecule has 0 radical (unpaired) electrons. The van der Waals surface area contributed by atoms with Crippen molar-refractivity contribution in [1.29, 1.82) is 0 Å². The summed E-state index contributed by atoms with van der Waals surface area (Å²) >= 11 is 3.43. The highest BCUT2D eigenvalue weighted by Crippen LogP contribution is 2.25. The maximum atomic E-state index is 11.2. The van der Waals surface area contributed by atoms with Gasteiger partial charge in [0.2, 0.25) is 0 Å². The lowest BCUT2D eigenvalue weighted by molar-refractivity contribution is 0.0813. The van der Waals surface area contributed by atoms with Crippen molar-refractivity contribution in [3.63, 3.8) is 0 Å². The van der Waals surface area contributed by atoms with Crippen LogP contribution in [0.5, 0.6) is 0 Å². The molecule has 0 saturated heterocycles. The van der Waals surface area contributed by atoms with Gasteiger partial charge >= 0.3 is 0 Å². The molecule has 0 spiro atoms. The normalized spacial score (nSPS) is 12.0. The fourth-order valence-corrected chi connectivity index (χ4v) is 3.21. The molecular formula is C14H19BrN2O2Si.